The molecule has 1 atom stereocenters. The number of aliphatic carboxylic acids is 1. The highest BCUT2D eigenvalue weighted by Crippen LogP contribution is 2.44. The Morgan fingerprint density at radius 2 is 1.62 bits per heavy atom. The second-order valence-electron chi connectivity index (χ2n) is 8.59. The maximum absolute atomic E-state index is 11.3. The molecule has 0 fully saturated rings. The number of hydrogen-bond donors (Lipinski definition) is 1. The summed E-state index contributed by atoms with van der Waals surface area (Å²) in [7, 11) is 0. The fourth-order valence-corrected chi connectivity index (χ4v) is 4.48. The predicted octanol–water partition coefficient (Wildman–Crippen LogP) is 6.55. The van der Waals surface area contributed by atoms with Gasteiger partial charge in [0.05, 0.1) is 0 Å². The number of rotatable bonds is 11. The molecule has 3 aromatic carbocycles. The van der Waals surface area contributed by atoms with Crippen molar-refractivity contribution < 1.29 is 19.4 Å². The van der Waals surface area contributed by atoms with Crippen molar-refractivity contribution in [1.29, 1.82) is 0 Å². The molecular formula is C30H32O4. The van der Waals surface area contributed by atoms with Gasteiger partial charge >= 0.3 is 5.97 Å². The number of ether oxygens (including phenoxy) is 2. The van der Waals surface area contributed by atoms with Gasteiger partial charge in [0.2, 0.25) is 0 Å². The van der Waals surface area contributed by atoms with Gasteiger partial charge in [-0.15, -0.1) is 0 Å². The van der Waals surface area contributed by atoms with Gasteiger partial charge < -0.3 is 14.6 Å². The highest BCUT2D eigenvalue weighted by molar-refractivity contribution is 6.01. The molecule has 3 aromatic rings. The van der Waals surface area contributed by atoms with E-state index in [0.29, 0.717) is 19.6 Å². The summed E-state index contributed by atoms with van der Waals surface area (Å²) in [5.41, 5.74) is 8.60. The van der Waals surface area contributed by atoms with Crippen LogP contribution in [0.1, 0.15) is 48.9 Å². The maximum atomic E-state index is 11.3. The monoisotopic (exact) mass is 456 g/mol. The van der Waals surface area contributed by atoms with Crippen LogP contribution in [-0.2, 0) is 22.4 Å². The molecule has 0 amide bonds. The van der Waals surface area contributed by atoms with Gasteiger partial charge in [-0.1, -0.05) is 67.9 Å². The van der Waals surface area contributed by atoms with E-state index in [4.69, 9.17) is 9.47 Å². The molecule has 1 aliphatic carbocycles. The van der Waals surface area contributed by atoms with Crippen LogP contribution in [0.2, 0.25) is 0 Å². The minimum absolute atomic E-state index is 0.335. The number of hydrogen-bond acceptors (Lipinski definition) is 3. The maximum Gasteiger partial charge on any atom is 0.333 e. The van der Waals surface area contributed by atoms with Crippen molar-refractivity contribution in [2.24, 2.45) is 0 Å². The topological polar surface area (TPSA) is 55.8 Å². The summed E-state index contributed by atoms with van der Waals surface area (Å²) >= 11 is 0. The molecule has 0 saturated carbocycles. The minimum Gasteiger partial charge on any atom is -0.490 e. The summed E-state index contributed by atoms with van der Waals surface area (Å²) < 4.78 is 11.3. The van der Waals surface area contributed by atoms with Crippen molar-refractivity contribution in [2.45, 2.75) is 45.6 Å². The predicted molar refractivity (Wildman–Crippen MR) is 136 cm³/mol. The molecule has 4 nitrogen and oxygen atoms in total. The molecule has 0 aliphatic heterocycles. The van der Waals surface area contributed by atoms with Crippen molar-refractivity contribution in [2.75, 3.05) is 13.2 Å². The fraction of sp³-hybridized carbons (Fsp3) is 0.300. The lowest BCUT2D eigenvalue weighted by molar-refractivity contribution is -0.149. The van der Waals surface area contributed by atoms with Crippen molar-refractivity contribution in [1.82, 2.24) is 0 Å². The second-order valence-corrected chi connectivity index (χ2v) is 8.59. The zero-order chi connectivity index (χ0) is 23.9. The first-order valence-electron chi connectivity index (χ1n) is 12.1. The number of carbonyl (C=O) groups is 1. The quantitative estimate of drug-likeness (QED) is 0.278. The first-order valence-corrected chi connectivity index (χ1v) is 12.1. The highest BCUT2D eigenvalue weighted by atomic mass is 16.5. The first-order chi connectivity index (χ1) is 16.6. The SMILES string of the molecule is CCCCc1ccc2c(c1)/C(=C/COc1ccc(CC(OCC)C(=O)O)cc1)c1ccccc1-2. The molecule has 0 saturated heterocycles. The Labute approximate surface area is 201 Å². The standard InChI is InChI=1S/C30H32O4/c1-3-5-8-21-13-16-26-24-9-6-7-10-25(24)27(28(26)19-21)17-18-34-23-14-11-22(12-15-23)20-29(30(31)32)33-4-2/h6-7,9-17,19,29H,3-5,8,18,20H2,1-2H3,(H,31,32)/b27-17+. The molecule has 34 heavy (non-hydrogen) atoms. The molecule has 0 aromatic heterocycles. The van der Waals surface area contributed by atoms with E-state index in [1.54, 1.807) is 6.92 Å². The van der Waals surface area contributed by atoms with Gasteiger partial charge in [-0.3, -0.25) is 0 Å². The second kappa shape index (κ2) is 11.2. The van der Waals surface area contributed by atoms with E-state index in [9.17, 15) is 9.90 Å². The largest absolute Gasteiger partial charge is 0.490 e. The van der Waals surface area contributed by atoms with Gasteiger partial charge in [-0.25, -0.2) is 4.79 Å². The molecule has 4 rings (SSSR count). The Hall–Kier alpha value is -3.37. The zero-order valence-corrected chi connectivity index (χ0v) is 19.9. The van der Waals surface area contributed by atoms with Crippen LogP contribution < -0.4 is 4.74 Å². The van der Waals surface area contributed by atoms with Crippen LogP contribution in [0.15, 0.2) is 72.8 Å². The summed E-state index contributed by atoms with van der Waals surface area (Å²) in [6.07, 6.45) is 5.16. The highest BCUT2D eigenvalue weighted by Gasteiger charge is 2.23. The number of fused-ring (bicyclic) bond motifs is 3. The molecule has 176 valence electrons. The summed E-state index contributed by atoms with van der Waals surface area (Å²) in [5.74, 6) is -0.184. The molecular weight excluding hydrogens is 424 g/mol. The van der Waals surface area contributed by atoms with Gasteiger partial charge in [-0.2, -0.15) is 0 Å². The van der Waals surface area contributed by atoms with Crippen LogP contribution in [0.4, 0.5) is 0 Å². The lowest BCUT2D eigenvalue weighted by Gasteiger charge is -2.12. The van der Waals surface area contributed by atoms with Gasteiger partial charge in [0, 0.05) is 13.0 Å². The van der Waals surface area contributed by atoms with Crippen molar-refractivity contribution in [3.05, 3.63) is 95.1 Å². The third-order valence-corrected chi connectivity index (χ3v) is 6.23. The minimum atomic E-state index is -0.941. The van der Waals surface area contributed by atoms with Crippen LogP contribution in [0.3, 0.4) is 0 Å². The van der Waals surface area contributed by atoms with E-state index in [1.807, 2.05) is 24.3 Å². The van der Waals surface area contributed by atoms with Gasteiger partial charge in [0.25, 0.3) is 0 Å². The van der Waals surface area contributed by atoms with E-state index < -0.39 is 12.1 Å². The Morgan fingerprint density at radius 1 is 0.912 bits per heavy atom. The number of unbranched alkanes of at least 4 members (excludes halogenated alkanes) is 1. The van der Waals surface area contributed by atoms with Crippen LogP contribution in [0.25, 0.3) is 16.7 Å². The van der Waals surface area contributed by atoms with Crippen LogP contribution in [-0.4, -0.2) is 30.4 Å². The lowest BCUT2D eigenvalue weighted by Crippen LogP contribution is -2.26. The van der Waals surface area contributed by atoms with E-state index in [1.165, 1.54) is 46.2 Å². The van der Waals surface area contributed by atoms with E-state index in [2.05, 4.69) is 55.5 Å². The lowest BCUT2D eigenvalue weighted by atomic mass is 9.99. The number of aryl methyl sites for hydroxylation is 1. The smallest absolute Gasteiger partial charge is 0.333 e. The Kier molecular flexibility index (Phi) is 7.81. The molecule has 0 radical (unpaired) electrons. The van der Waals surface area contributed by atoms with Crippen LogP contribution in [0, 0.1) is 0 Å². The molecule has 0 spiro atoms. The van der Waals surface area contributed by atoms with Gasteiger partial charge in [0.15, 0.2) is 6.10 Å². The molecule has 1 unspecified atom stereocenters. The molecule has 1 aliphatic rings. The average molecular weight is 457 g/mol. The van der Waals surface area contributed by atoms with Crippen LogP contribution >= 0.6 is 0 Å². The number of carboxylic acids is 1. The van der Waals surface area contributed by atoms with Crippen molar-refractivity contribution >= 4 is 11.5 Å². The van der Waals surface area contributed by atoms with Gasteiger partial charge in [0.1, 0.15) is 12.4 Å². The first kappa shape index (κ1) is 23.8. The molecule has 4 heteroatoms. The van der Waals surface area contributed by atoms with E-state index in [0.717, 1.165) is 17.7 Å². The van der Waals surface area contributed by atoms with Crippen molar-refractivity contribution in [3.63, 3.8) is 0 Å². The summed E-state index contributed by atoms with van der Waals surface area (Å²) in [5, 5.41) is 9.28. The fourth-order valence-electron chi connectivity index (χ4n) is 4.48. The van der Waals surface area contributed by atoms with E-state index in [-0.39, 0.29) is 0 Å². The summed E-state index contributed by atoms with van der Waals surface area (Å²) in [6, 6.07) is 23.0. The molecule has 0 bridgehead atoms. The normalized spacial score (nSPS) is 14.0. The van der Waals surface area contributed by atoms with Crippen LogP contribution in [0.5, 0.6) is 5.75 Å². The number of carboxylic acid groups (broad SMARTS) is 1. The molecule has 1 N–H and O–H groups in total. The average Bonchev–Trinajstić information content (AvgIpc) is 3.16. The third-order valence-electron chi connectivity index (χ3n) is 6.23. The van der Waals surface area contributed by atoms with Crippen molar-refractivity contribution in [3.8, 4) is 16.9 Å². The summed E-state index contributed by atoms with van der Waals surface area (Å²) in [6.45, 7) is 4.86. The third kappa shape index (κ3) is 5.40. The summed E-state index contributed by atoms with van der Waals surface area (Å²) in [4.78, 5) is 11.3. The Morgan fingerprint density at radius 3 is 2.32 bits per heavy atom. The van der Waals surface area contributed by atoms with Gasteiger partial charge in [-0.05, 0) is 76.9 Å². The Balaban J connectivity index is 1.48. The number of benzene rings is 3. The zero-order valence-electron chi connectivity index (χ0n) is 19.9. The molecule has 0 heterocycles. The Bertz CT molecular complexity index is 1160. The van der Waals surface area contributed by atoms with E-state index >= 15 is 0 Å².